The number of nitrogens with zero attached hydrogens (tertiary/aromatic N) is 1. The van der Waals surface area contributed by atoms with Crippen LogP contribution in [0.1, 0.15) is 0 Å². The molecule has 0 bridgehead atoms. The highest BCUT2D eigenvalue weighted by Gasteiger charge is 2.13. The largest absolute Gasteiger partial charge is 0.497 e. The van der Waals surface area contributed by atoms with Crippen LogP contribution in [0.2, 0.25) is 0 Å². The highest BCUT2D eigenvalue weighted by atomic mass is 16.5. The van der Waals surface area contributed by atoms with E-state index < -0.39 is 0 Å². The fourth-order valence-corrected chi connectivity index (χ4v) is 2.19. The van der Waals surface area contributed by atoms with E-state index in [2.05, 4.69) is 5.10 Å². The van der Waals surface area contributed by atoms with Gasteiger partial charge in [-0.3, -0.25) is 9.89 Å². The number of rotatable bonds is 3. The monoisotopic (exact) mass is 281 g/mol. The maximum atomic E-state index is 12.3. The van der Waals surface area contributed by atoms with Crippen molar-refractivity contribution in [2.24, 2.45) is 0 Å². The van der Waals surface area contributed by atoms with E-state index in [0.29, 0.717) is 11.4 Å². The van der Waals surface area contributed by atoms with Crippen LogP contribution in [-0.2, 0) is 0 Å². The maximum Gasteiger partial charge on any atom is 0.295 e. The van der Waals surface area contributed by atoms with Gasteiger partial charge < -0.3 is 10.5 Å². The summed E-state index contributed by atoms with van der Waals surface area (Å²) in [4.78, 5) is 12.3. The van der Waals surface area contributed by atoms with Gasteiger partial charge in [-0.2, -0.15) is 0 Å². The number of aromatic amines is 1. The van der Waals surface area contributed by atoms with Crippen LogP contribution in [0.25, 0.3) is 16.9 Å². The molecule has 0 radical (unpaired) electrons. The normalized spacial score (nSPS) is 10.5. The van der Waals surface area contributed by atoms with Gasteiger partial charge in [0.05, 0.1) is 18.5 Å². The van der Waals surface area contributed by atoms with Crippen LogP contribution in [0.3, 0.4) is 0 Å². The molecular formula is C16H15N3O2. The van der Waals surface area contributed by atoms with Gasteiger partial charge in [-0.25, -0.2) is 4.68 Å². The number of hydrogen-bond acceptors (Lipinski definition) is 3. The van der Waals surface area contributed by atoms with Crippen molar-refractivity contribution in [3.05, 3.63) is 65.0 Å². The van der Waals surface area contributed by atoms with Crippen LogP contribution in [-0.4, -0.2) is 16.9 Å². The lowest BCUT2D eigenvalue weighted by Crippen LogP contribution is -2.16. The summed E-state index contributed by atoms with van der Waals surface area (Å²) < 4.78 is 6.54. The van der Waals surface area contributed by atoms with Gasteiger partial charge in [0.1, 0.15) is 11.4 Å². The molecule has 21 heavy (non-hydrogen) atoms. The van der Waals surface area contributed by atoms with Gasteiger partial charge in [-0.05, 0) is 24.3 Å². The molecule has 2 aromatic carbocycles. The molecule has 3 rings (SSSR count). The Morgan fingerprint density at radius 3 is 2.33 bits per heavy atom. The summed E-state index contributed by atoms with van der Waals surface area (Å²) in [6.45, 7) is 0. The number of anilines is 1. The molecule has 0 amide bonds. The minimum absolute atomic E-state index is 0.206. The average molecular weight is 281 g/mol. The summed E-state index contributed by atoms with van der Waals surface area (Å²) in [7, 11) is 1.60. The molecule has 0 atom stereocenters. The van der Waals surface area contributed by atoms with Gasteiger partial charge in [0.2, 0.25) is 0 Å². The number of nitrogens with one attached hydrogen (secondary N) is 1. The maximum absolute atomic E-state index is 12.3. The molecule has 0 aliphatic rings. The third-order valence-electron chi connectivity index (χ3n) is 3.32. The lowest BCUT2D eigenvalue weighted by atomic mass is 10.1. The molecule has 0 aliphatic carbocycles. The van der Waals surface area contributed by atoms with Crippen LogP contribution in [0.5, 0.6) is 5.75 Å². The second-order valence-electron chi connectivity index (χ2n) is 4.61. The Balaban J connectivity index is 2.10. The topological polar surface area (TPSA) is 73.0 Å². The summed E-state index contributed by atoms with van der Waals surface area (Å²) in [5.74, 6) is 0.731. The lowest BCUT2D eigenvalue weighted by Gasteiger charge is -2.04. The molecule has 3 N–H and O–H groups in total. The molecule has 5 heteroatoms. The van der Waals surface area contributed by atoms with Crippen LogP contribution < -0.4 is 16.0 Å². The van der Waals surface area contributed by atoms with Gasteiger partial charge in [0.25, 0.3) is 5.56 Å². The quantitative estimate of drug-likeness (QED) is 0.774. The molecule has 106 valence electrons. The van der Waals surface area contributed by atoms with E-state index in [1.807, 2.05) is 30.3 Å². The molecule has 0 unspecified atom stereocenters. The zero-order valence-electron chi connectivity index (χ0n) is 11.5. The van der Waals surface area contributed by atoms with Crippen LogP contribution in [0.15, 0.2) is 59.4 Å². The van der Waals surface area contributed by atoms with E-state index in [9.17, 15) is 4.79 Å². The second kappa shape index (κ2) is 5.20. The number of aromatic nitrogens is 2. The van der Waals surface area contributed by atoms with Crippen molar-refractivity contribution in [2.45, 2.75) is 0 Å². The Morgan fingerprint density at radius 2 is 1.71 bits per heavy atom. The van der Waals surface area contributed by atoms with Gasteiger partial charge in [-0.15, -0.1) is 0 Å². The number of ether oxygens (including phenoxy) is 1. The van der Waals surface area contributed by atoms with Crippen molar-refractivity contribution >= 4 is 5.69 Å². The minimum Gasteiger partial charge on any atom is -0.497 e. The smallest absolute Gasteiger partial charge is 0.295 e. The Morgan fingerprint density at radius 1 is 1.05 bits per heavy atom. The molecule has 3 aromatic rings. The Bertz CT molecular complexity index is 802. The second-order valence-corrected chi connectivity index (χ2v) is 4.61. The molecule has 1 heterocycles. The van der Waals surface area contributed by atoms with E-state index >= 15 is 0 Å². The number of nitrogens with two attached hydrogens (primary N) is 1. The van der Waals surface area contributed by atoms with Crippen molar-refractivity contribution in [3.63, 3.8) is 0 Å². The average Bonchev–Trinajstić information content (AvgIpc) is 2.84. The van der Waals surface area contributed by atoms with E-state index in [1.165, 1.54) is 4.68 Å². The predicted octanol–water partition coefficient (Wildman–Crippen LogP) is 2.42. The molecule has 5 nitrogen and oxygen atoms in total. The number of benzene rings is 2. The zero-order valence-corrected chi connectivity index (χ0v) is 11.5. The summed E-state index contributed by atoms with van der Waals surface area (Å²) in [6.07, 6.45) is 0. The van der Waals surface area contributed by atoms with E-state index in [0.717, 1.165) is 11.3 Å². The van der Waals surface area contributed by atoms with E-state index in [1.54, 1.807) is 31.4 Å². The Hall–Kier alpha value is -2.95. The summed E-state index contributed by atoms with van der Waals surface area (Å²) >= 11 is 0. The van der Waals surface area contributed by atoms with Crippen LogP contribution in [0.4, 0.5) is 5.69 Å². The predicted molar refractivity (Wildman–Crippen MR) is 82.8 cm³/mol. The third-order valence-corrected chi connectivity index (χ3v) is 3.32. The zero-order chi connectivity index (χ0) is 14.8. The standard InChI is InChI=1S/C16H15N3O2/c1-21-13-9-7-12(8-10-13)19-16(20)14(17)15(18-19)11-5-3-2-4-6-11/h2-10,18H,17H2,1H3. The van der Waals surface area contributed by atoms with Crippen molar-refractivity contribution in [1.82, 2.24) is 9.78 Å². The number of hydrogen-bond donors (Lipinski definition) is 2. The van der Waals surface area contributed by atoms with Gasteiger partial charge in [-0.1, -0.05) is 30.3 Å². The molecule has 0 saturated carbocycles. The lowest BCUT2D eigenvalue weighted by molar-refractivity contribution is 0.414. The highest BCUT2D eigenvalue weighted by molar-refractivity contribution is 5.72. The molecule has 0 fully saturated rings. The molecule has 0 saturated heterocycles. The Labute approximate surface area is 121 Å². The number of nitrogen functional groups attached to an aromatic ring is 1. The summed E-state index contributed by atoms with van der Waals surface area (Å²) in [5.41, 5.74) is 8.08. The Kier molecular flexibility index (Phi) is 3.23. The van der Waals surface area contributed by atoms with E-state index in [-0.39, 0.29) is 11.2 Å². The highest BCUT2D eigenvalue weighted by Crippen LogP contribution is 2.22. The van der Waals surface area contributed by atoms with Gasteiger partial charge in [0.15, 0.2) is 0 Å². The first-order chi connectivity index (χ1) is 10.2. The van der Waals surface area contributed by atoms with Crippen molar-refractivity contribution < 1.29 is 4.74 Å². The van der Waals surface area contributed by atoms with Crippen molar-refractivity contribution in [2.75, 3.05) is 12.8 Å². The van der Waals surface area contributed by atoms with E-state index in [4.69, 9.17) is 10.5 Å². The molecular weight excluding hydrogens is 266 g/mol. The van der Waals surface area contributed by atoms with Crippen LogP contribution in [0, 0.1) is 0 Å². The first kappa shape index (κ1) is 13.1. The van der Waals surface area contributed by atoms with Gasteiger partial charge >= 0.3 is 0 Å². The molecule has 1 aromatic heterocycles. The van der Waals surface area contributed by atoms with Crippen LogP contribution >= 0.6 is 0 Å². The summed E-state index contributed by atoms with van der Waals surface area (Å²) in [5, 5.41) is 3.06. The fraction of sp³-hybridized carbons (Fsp3) is 0.0625. The first-order valence-corrected chi connectivity index (χ1v) is 6.51. The molecule has 0 spiro atoms. The SMILES string of the molecule is COc1ccc(-n2[nH]c(-c3ccccc3)c(N)c2=O)cc1. The van der Waals surface area contributed by atoms with Crippen molar-refractivity contribution in [1.29, 1.82) is 0 Å². The summed E-state index contributed by atoms with van der Waals surface area (Å²) in [6, 6.07) is 16.7. The van der Waals surface area contributed by atoms with Gasteiger partial charge in [0, 0.05) is 5.56 Å². The number of methoxy groups -OCH3 is 1. The fourth-order valence-electron chi connectivity index (χ4n) is 2.19. The first-order valence-electron chi connectivity index (χ1n) is 6.51. The minimum atomic E-state index is -0.265. The van der Waals surface area contributed by atoms with Crippen molar-refractivity contribution in [3.8, 4) is 22.7 Å². The third kappa shape index (κ3) is 2.29. The number of H-pyrrole nitrogens is 1. The molecule has 0 aliphatic heterocycles.